The van der Waals surface area contributed by atoms with E-state index in [4.69, 9.17) is 4.74 Å². The standard InChI is InChI=1S/C18H30O2Si/c1-5-14-21(15-6-2,16-7-3)17-12-10-9-11-13-20-18(19)8-4/h5-8H,1-4,9-17H2. The van der Waals surface area contributed by atoms with Crippen LogP contribution in [-0.4, -0.2) is 20.7 Å². The first-order valence-corrected chi connectivity index (χ1v) is 10.6. The average molecular weight is 307 g/mol. The van der Waals surface area contributed by atoms with Gasteiger partial charge in [-0.15, -0.1) is 19.7 Å². The summed E-state index contributed by atoms with van der Waals surface area (Å²) in [5, 5.41) is 0. The number of ether oxygens (including phenoxy) is 1. The molecular weight excluding hydrogens is 276 g/mol. The summed E-state index contributed by atoms with van der Waals surface area (Å²) in [5.41, 5.74) is 0. The number of allylic oxidation sites excluding steroid dienone is 3. The molecular formula is C18H30O2Si. The third-order valence-electron chi connectivity index (χ3n) is 3.74. The van der Waals surface area contributed by atoms with E-state index in [1.807, 2.05) is 0 Å². The molecule has 0 atom stereocenters. The lowest BCUT2D eigenvalue weighted by Crippen LogP contribution is -2.31. The first kappa shape index (κ1) is 19.6. The molecule has 2 nitrogen and oxygen atoms in total. The predicted molar refractivity (Wildman–Crippen MR) is 95.2 cm³/mol. The zero-order valence-electron chi connectivity index (χ0n) is 13.3. The third-order valence-corrected chi connectivity index (χ3v) is 8.62. The Morgan fingerprint density at radius 1 is 0.857 bits per heavy atom. The highest BCUT2D eigenvalue weighted by Crippen LogP contribution is 2.29. The van der Waals surface area contributed by atoms with Crippen LogP contribution < -0.4 is 0 Å². The van der Waals surface area contributed by atoms with Gasteiger partial charge in [0.2, 0.25) is 0 Å². The van der Waals surface area contributed by atoms with Crippen LogP contribution in [0, 0.1) is 0 Å². The zero-order chi connectivity index (χ0) is 16.0. The third kappa shape index (κ3) is 9.24. The SMILES string of the molecule is C=CC[Si](CC=C)(CC=C)CCCCCCOC(=O)C=C. The first-order chi connectivity index (χ1) is 10.1. The van der Waals surface area contributed by atoms with Gasteiger partial charge < -0.3 is 4.74 Å². The Hall–Kier alpha value is -1.35. The van der Waals surface area contributed by atoms with Gasteiger partial charge in [0.1, 0.15) is 0 Å². The van der Waals surface area contributed by atoms with Crippen molar-refractivity contribution in [1.82, 2.24) is 0 Å². The molecule has 0 aromatic heterocycles. The van der Waals surface area contributed by atoms with Gasteiger partial charge in [0, 0.05) is 6.08 Å². The lowest BCUT2D eigenvalue weighted by Gasteiger charge is -2.28. The van der Waals surface area contributed by atoms with Gasteiger partial charge in [-0.1, -0.05) is 50.1 Å². The van der Waals surface area contributed by atoms with E-state index in [1.165, 1.54) is 25.0 Å². The Kier molecular flexibility index (Phi) is 11.6. The minimum Gasteiger partial charge on any atom is -0.463 e. The van der Waals surface area contributed by atoms with Gasteiger partial charge in [-0.3, -0.25) is 0 Å². The molecule has 0 N–H and O–H groups in total. The van der Waals surface area contributed by atoms with Crippen LogP contribution in [0.4, 0.5) is 0 Å². The van der Waals surface area contributed by atoms with Crippen molar-refractivity contribution < 1.29 is 9.53 Å². The summed E-state index contributed by atoms with van der Waals surface area (Å²) in [5.74, 6) is -0.329. The van der Waals surface area contributed by atoms with Crippen molar-refractivity contribution in [1.29, 1.82) is 0 Å². The van der Waals surface area contributed by atoms with Crippen molar-refractivity contribution in [2.45, 2.75) is 49.9 Å². The second-order valence-electron chi connectivity index (χ2n) is 5.51. The highest BCUT2D eigenvalue weighted by Gasteiger charge is 2.27. The average Bonchev–Trinajstić information content (AvgIpc) is 2.46. The molecule has 0 aromatic carbocycles. The normalized spacial score (nSPS) is 10.7. The number of hydrogen-bond donors (Lipinski definition) is 0. The van der Waals surface area contributed by atoms with Crippen LogP contribution in [0.2, 0.25) is 24.2 Å². The summed E-state index contributed by atoms with van der Waals surface area (Å²) >= 11 is 0. The molecule has 0 spiro atoms. The number of carbonyl (C=O) groups excluding carboxylic acids is 1. The van der Waals surface area contributed by atoms with Crippen molar-refractivity contribution in [3.05, 3.63) is 50.6 Å². The summed E-state index contributed by atoms with van der Waals surface area (Å²) < 4.78 is 4.97. The Morgan fingerprint density at radius 3 is 1.86 bits per heavy atom. The van der Waals surface area contributed by atoms with Crippen LogP contribution >= 0.6 is 0 Å². The van der Waals surface area contributed by atoms with Crippen molar-refractivity contribution in [2.75, 3.05) is 6.61 Å². The van der Waals surface area contributed by atoms with Crippen LogP contribution in [0.25, 0.3) is 0 Å². The quantitative estimate of drug-likeness (QED) is 0.143. The Bertz CT molecular complexity index is 321. The molecule has 3 heteroatoms. The molecule has 0 saturated heterocycles. The fraction of sp³-hybridized carbons (Fsp3) is 0.500. The van der Waals surface area contributed by atoms with Gasteiger partial charge in [0.25, 0.3) is 0 Å². The molecule has 0 aromatic rings. The van der Waals surface area contributed by atoms with E-state index < -0.39 is 8.07 Å². The van der Waals surface area contributed by atoms with Gasteiger partial charge in [0.15, 0.2) is 0 Å². The van der Waals surface area contributed by atoms with E-state index in [2.05, 4.69) is 44.5 Å². The van der Waals surface area contributed by atoms with Crippen LogP contribution in [-0.2, 0) is 9.53 Å². The zero-order valence-corrected chi connectivity index (χ0v) is 14.3. The number of rotatable bonds is 14. The minimum atomic E-state index is -1.34. The predicted octanol–water partition coefficient (Wildman–Crippen LogP) is 5.28. The second kappa shape index (κ2) is 12.4. The molecule has 0 aliphatic heterocycles. The van der Waals surface area contributed by atoms with Gasteiger partial charge in [-0.25, -0.2) is 4.79 Å². The van der Waals surface area contributed by atoms with Crippen LogP contribution in [0.15, 0.2) is 50.6 Å². The van der Waals surface area contributed by atoms with E-state index >= 15 is 0 Å². The lowest BCUT2D eigenvalue weighted by atomic mass is 10.2. The summed E-state index contributed by atoms with van der Waals surface area (Å²) in [6.45, 7) is 15.6. The second-order valence-corrected chi connectivity index (χ2v) is 10.2. The van der Waals surface area contributed by atoms with Crippen molar-refractivity contribution >= 4 is 14.0 Å². The van der Waals surface area contributed by atoms with Gasteiger partial charge in [-0.05, 0) is 24.6 Å². The first-order valence-electron chi connectivity index (χ1n) is 7.76. The van der Waals surface area contributed by atoms with Crippen LogP contribution in [0.3, 0.4) is 0 Å². The summed E-state index contributed by atoms with van der Waals surface area (Å²) in [6, 6.07) is 4.72. The molecule has 0 unspecified atom stereocenters. The van der Waals surface area contributed by atoms with Gasteiger partial charge in [0.05, 0.1) is 14.7 Å². The molecule has 0 rings (SSSR count). The van der Waals surface area contributed by atoms with E-state index in [0.29, 0.717) is 6.61 Å². The number of unbranched alkanes of at least 4 members (excludes halogenated alkanes) is 3. The smallest absolute Gasteiger partial charge is 0.330 e. The van der Waals surface area contributed by atoms with Gasteiger partial charge >= 0.3 is 5.97 Å². The fourth-order valence-electron chi connectivity index (χ4n) is 2.66. The van der Waals surface area contributed by atoms with Crippen molar-refractivity contribution in [2.24, 2.45) is 0 Å². The van der Waals surface area contributed by atoms with Crippen molar-refractivity contribution in [3.63, 3.8) is 0 Å². The van der Waals surface area contributed by atoms with Gasteiger partial charge in [-0.2, -0.15) is 0 Å². The topological polar surface area (TPSA) is 26.3 Å². The Balaban J connectivity index is 3.99. The number of hydrogen-bond acceptors (Lipinski definition) is 2. The minimum absolute atomic E-state index is 0.329. The lowest BCUT2D eigenvalue weighted by molar-refractivity contribution is -0.137. The van der Waals surface area contributed by atoms with Crippen LogP contribution in [0.1, 0.15) is 25.7 Å². The maximum absolute atomic E-state index is 10.9. The number of esters is 1. The molecule has 118 valence electrons. The van der Waals surface area contributed by atoms with E-state index in [1.54, 1.807) is 0 Å². The summed E-state index contributed by atoms with van der Waals surface area (Å²) in [6.07, 6.45) is 11.8. The molecule has 0 heterocycles. The van der Waals surface area contributed by atoms with Crippen molar-refractivity contribution in [3.8, 4) is 0 Å². The molecule has 0 amide bonds. The Morgan fingerprint density at radius 2 is 1.38 bits per heavy atom. The molecule has 0 saturated carbocycles. The molecule has 21 heavy (non-hydrogen) atoms. The molecule has 0 radical (unpaired) electrons. The highest BCUT2D eigenvalue weighted by atomic mass is 28.3. The van der Waals surface area contributed by atoms with Crippen LogP contribution in [0.5, 0.6) is 0 Å². The monoisotopic (exact) mass is 306 g/mol. The molecule has 0 bridgehead atoms. The van der Waals surface area contributed by atoms with E-state index in [0.717, 1.165) is 31.0 Å². The number of carbonyl (C=O) groups is 1. The molecule has 0 aliphatic rings. The Labute approximate surface area is 131 Å². The maximum Gasteiger partial charge on any atom is 0.330 e. The molecule has 0 fully saturated rings. The van der Waals surface area contributed by atoms with E-state index in [9.17, 15) is 4.79 Å². The summed E-state index contributed by atoms with van der Waals surface area (Å²) in [4.78, 5) is 10.9. The fourth-order valence-corrected chi connectivity index (χ4v) is 6.61. The van der Waals surface area contributed by atoms with E-state index in [-0.39, 0.29) is 5.97 Å². The largest absolute Gasteiger partial charge is 0.463 e. The highest BCUT2D eigenvalue weighted by molar-refractivity contribution is 6.81. The summed E-state index contributed by atoms with van der Waals surface area (Å²) in [7, 11) is -1.34. The molecule has 0 aliphatic carbocycles. The maximum atomic E-state index is 10.9.